The molecule has 2 aromatic rings. The number of benzene rings is 2. The molecule has 2 aromatic carbocycles. The normalized spacial score (nSPS) is 15.0. The average Bonchev–Trinajstić information content (AvgIpc) is 2.84. The third kappa shape index (κ3) is 5.34. The Kier molecular flexibility index (Phi) is 8.41. The summed E-state index contributed by atoms with van der Waals surface area (Å²) >= 11 is 6.02. The van der Waals surface area contributed by atoms with Gasteiger partial charge in [0, 0.05) is 31.2 Å². The summed E-state index contributed by atoms with van der Waals surface area (Å²) in [5.74, 6) is 0.688. The van der Waals surface area contributed by atoms with Crippen molar-refractivity contribution in [1.82, 2.24) is 9.80 Å². The summed E-state index contributed by atoms with van der Waals surface area (Å²) in [5, 5.41) is 0.598. The van der Waals surface area contributed by atoms with Gasteiger partial charge in [0.05, 0.1) is 33.5 Å². The van der Waals surface area contributed by atoms with Crippen molar-refractivity contribution in [3.63, 3.8) is 0 Å². The lowest BCUT2D eigenvalue weighted by Gasteiger charge is -2.38. The predicted molar refractivity (Wildman–Crippen MR) is 124 cm³/mol. The van der Waals surface area contributed by atoms with E-state index >= 15 is 0 Å². The first-order valence-corrected chi connectivity index (χ1v) is 11.1. The van der Waals surface area contributed by atoms with Gasteiger partial charge in [-0.2, -0.15) is 0 Å². The number of amides is 1. The van der Waals surface area contributed by atoms with Crippen LogP contribution >= 0.6 is 11.6 Å². The van der Waals surface area contributed by atoms with Crippen molar-refractivity contribution in [1.29, 1.82) is 0 Å². The zero-order valence-electron chi connectivity index (χ0n) is 19.3. The number of nitrogens with zero attached hydrogens (tertiary/aromatic N) is 2. The number of piperazine rings is 1. The molecule has 0 aromatic heterocycles. The maximum atomic E-state index is 13.3. The first kappa shape index (κ1) is 24.7. The minimum Gasteiger partial charge on any atom is -0.493 e. The van der Waals surface area contributed by atoms with Gasteiger partial charge in [-0.1, -0.05) is 23.7 Å². The first-order valence-electron chi connectivity index (χ1n) is 10.7. The molecule has 1 aliphatic rings. The van der Waals surface area contributed by atoms with Gasteiger partial charge in [-0.05, 0) is 36.8 Å². The van der Waals surface area contributed by atoms with Crippen LogP contribution in [0.15, 0.2) is 36.4 Å². The zero-order valence-corrected chi connectivity index (χ0v) is 20.1. The molecule has 1 saturated heterocycles. The third-order valence-electron chi connectivity index (χ3n) is 5.60. The Labute approximate surface area is 198 Å². The topological polar surface area (TPSA) is 77.5 Å². The molecular formula is C24H29ClN2O6. The highest BCUT2D eigenvalue weighted by Gasteiger charge is 2.34. The summed E-state index contributed by atoms with van der Waals surface area (Å²) in [6, 6.07) is 9.96. The molecule has 9 heteroatoms. The lowest BCUT2D eigenvalue weighted by molar-refractivity contribution is -0.150. The second kappa shape index (κ2) is 11.2. The van der Waals surface area contributed by atoms with E-state index in [2.05, 4.69) is 0 Å². The van der Waals surface area contributed by atoms with Crippen molar-refractivity contribution in [2.75, 3.05) is 54.1 Å². The summed E-state index contributed by atoms with van der Waals surface area (Å²) in [7, 11) is 4.51. The molecule has 33 heavy (non-hydrogen) atoms. The molecule has 8 nitrogen and oxygen atoms in total. The number of halogens is 1. The van der Waals surface area contributed by atoms with Crippen LogP contribution in [0.4, 0.5) is 0 Å². The van der Waals surface area contributed by atoms with E-state index in [-0.39, 0.29) is 11.9 Å². The minimum atomic E-state index is -0.560. The van der Waals surface area contributed by atoms with Crippen molar-refractivity contribution >= 4 is 23.5 Å². The molecule has 1 amide bonds. The number of rotatable bonds is 8. The van der Waals surface area contributed by atoms with Crippen molar-refractivity contribution in [3.05, 3.63) is 52.5 Å². The fourth-order valence-corrected chi connectivity index (χ4v) is 4.11. The molecule has 0 N–H and O–H groups in total. The number of carbonyl (C=O) groups excluding carboxylic acids is 2. The highest BCUT2D eigenvalue weighted by atomic mass is 35.5. The van der Waals surface area contributed by atoms with Crippen molar-refractivity contribution < 1.29 is 28.5 Å². The highest BCUT2D eigenvalue weighted by molar-refractivity contribution is 6.30. The van der Waals surface area contributed by atoms with Gasteiger partial charge in [0.1, 0.15) is 6.04 Å². The average molecular weight is 477 g/mol. The van der Waals surface area contributed by atoms with Crippen LogP contribution in [0.5, 0.6) is 17.2 Å². The van der Waals surface area contributed by atoms with Gasteiger partial charge in [0.25, 0.3) is 5.91 Å². The quantitative estimate of drug-likeness (QED) is 0.540. The maximum Gasteiger partial charge on any atom is 0.328 e. The van der Waals surface area contributed by atoms with Gasteiger partial charge in [-0.15, -0.1) is 0 Å². The summed E-state index contributed by atoms with van der Waals surface area (Å²) in [6.07, 6.45) is 0. The molecule has 178 valence electrons. The second-order valence-corrected chi connectivity index (χ2v) is 7.85. The Morgan fingerprint density at radius 2 is 1.55 bits per heavy atom. The molecule has 0 spiro atoms. The number of hydrogen-bond acceptors (Lipinski definition) is 7. The molecule has 0 aliphatic carbocycles. The Hall–Kier alpha value is -2.97. The molecule has 0 radical (unpaired) electrons. The molecule has 0 saturated carbocycles. The van der Waals surface area contributed by atoms with E-state index < -0.39 is 6.04 Å². The summed E-state index contributed by atoms with van der Waals surface area (Å²) in [4.78, 5) is 29.8. The van der Waals surface area contributed by atoms with Gasteiger partial charge < -0.3 is 23.8 Å². The largest absolute Gasteiger partial charge is 0.493 e. The smallest absolute Gasteiger partial charge is 0.328 e. The van der Waals surface area contributed by atoms with E-state index in [1.54, 1.807) is 36.1 Å². The highest BCUT2D eigenvalue weighted by Crippen LogP contribution is 2.40. The predicted octanol–water partition coefficient (Wildman–Crippen LogP) is 3.43. The van der Waals surface area contributed by atoms with Gasteiger partial charge in [-0.25, -0.2) is 4.79 Å². The Bertz CT molecular complexity index is 974. The molecule has 1 fully saturated rings. The van der Waals surface area contributed by atoms with Crippen LogP contribution in [0.3, 0.4) is 0 Å². The van der Waals surface area contributed by atoms with Crippen LogP contribution in [0.2, 0.25) is 5.02 Å². The van der Waals surface area contributed by atoms with E-state index in [4.69, 9.17) is 30.5 Å². The fraction of sp³-hybridized carbons (Fsp3) is 0.417. The second-order valence-electron chi connectivity index (χ2n) is 7.42. The molecule has 1 unspecified atom stereocenters. The lowest BCUT2D eigenvalue weighted by Crippen LogP contribution is -2.51. The van der Waals surface area contributed by atoms with Crippen LogP contribution in [0, 0.1) is 0 Å². The standard InChI is InChI=1S/C24H29ClN2O6/c1-5-33-24(29)20(16-6-8-17(25)9-7-16)26-12-14-27(15-13-26)23(28)18-10-11-19(30-2)22(32-4)21(18)31-3/h6-11,20H,5,12-15H2,1-4H3. The van der Waals surface area contributed by atoms with Crippen molar-refractivity contribution in [2.45, 2.75) is 13.0 Å². The molecule has 1 aliphatic heterocycles. The minimum absolute atomic E-state index is 0.174. The van der Waals surface area contributed by atoms with Crippen LogP contribution in [0.25, 0.3) is 0 Å². The zero-order chi connectivity index (χ0) is 24.0. The van der Waals surface area contributed by atoms with Crippen molar-refractivity contribution in [2.24, 2.45) is 0 Å². The van der Waals surface area contributed by atoms with Crippen molar-refractivity contribution in [3.8, 4) is 17.2 Å². The number of methoxy groups -OCH3 is 3. The molecule has 0 bridgehead atoms. The lowest BCUT2D eigenvalue weighted by atomic mass is 10.0. The van der Waals surface area contributed by atoms with Gasteiger partial charge in [-0.3, -0.25) is 9.69 Å². The third-order valence-corrected chi connectivity index (χ3v) is 5.85. The van der Waals surface area contributed by atoms with Gasteiger partial charge in [0.2, 0.25) is 5.75 Å². The summed E-state index contributed by atoms with van der Waals surface area (Å²) in [6.45, 7) is 3.98. The first-order chi connectivity index (χ1) is 15.9. The number of carbonyl (C=O) groups is 2. The maximum absolute atomic E-state index is 13.3. The van der Waals surface area contributed by atoms with E-state index in [9.17, 15) is 9.59 Å². The summed E-state index contributed by atoms with van der Waals surface area (Å²) in [5.41, 5.74) is 1.20. The number of hydrogen-bond donors (Lipinski definition) is 0. The summed E-state index contributed by atoms with van der Waals surface area (Å²) < 4.78 is 21.5. The monoisotopic (exact) mass is 476 g/mol. The van der Waals surface area contributed by atoms with Gasteiger partial charge in [0.15, 0.2) is 11.5 Å². The van der Waals surface area contributed by atoms with E-state index in [1.165, 1.54) is 21.3 Å². The van der Waals surface area contributed by atoms with E-state index in [0.29, 0.717) is 60.6 Å². The Morgan fingerprint density at radius 1 is 0.909 bits per heavy atom. The molecule has 1 atom stereocenters. The number of esters is 1. The SMILES string of the molecule is CCOC(=O)C(c1ccc(Cl)cc1)N1CCN(C(=O)c2ccc(OC)c(OC)c2OC)CC1. The number of ether oxygens (including phenoxy) is 4. The fourth-order valence-electron chi connectivity index (χ4n) is 3.99. The Balaban J connectivity index is 1.78. The van der Waals surface area contributed by atoms with Gasteiger partial charge >= 0.3 is 5.97 Å². The molecular weight excluding hydrogens is 448 g/mol. The van der Waals surface area contributed by atoms with E-state index in [0.717, 1.165) is 5.56 Å². The molecule has 1 heterocycles. The van der Waals surface area contributed by atoms with Crippen LogP contribution < -0.4 is 14.2 Å². The Morgan fingerprint density at radius 3 is 2.09 bits per heavy atom. The van der Waals surface area contributed by atoms with Crippen LogP contribution in [-0.2, 0) is 9.53 Å². The van der Waals surface area contributed by atoms with Crippen LogP contribution in [-0.4, -0.2) is 75.8 Å². The van der Waals surface area contributed by atoms with Crippen LogP contribution in [0.1, 0.15) is 28.9 Å². The van der Waals surface area contributed by atoms with E-state index in [1.807, 2.05) is 17.0 Å². The molecule has 3 rings (SSSR count).